The van der Waals surface area contributed by atoms with Crippen LogP contribution in [-0.2, 0) is 9.84 Å². The van der Waals surface area contributed by atoms with Crippen molar-refractivity contribution in [1.29, 1.82) is 0 Å². The van der Waals surface area contributed by atoms with Crippen LogP contribution < -0.4 is 0 Å². The normalized spacial score (nSPS) is 11.4. The summed E-state index contributed by atoms with van der Waals surface area (Å²) in [6.07, 6.45) is 1.08. The Kier molecular flexibility index (Phi) is 2.90. The second-order valence-corrected chi connectivity index (χ2v) is 5.77. The number of sulfone groups is 1. The summed E-state index contributed by atoms with van der Waals surface area (Å²) < 4.78 is 23.0. The van der Waals surface area contributed by atoms with E-state index in [4.69, 9.17) is 0 Å². The lowest BCUT2D eigenvalue weighted by Gasteiger charge is -2.08. The molecule has 0 amide bonds. The van der Waals surface area contributed by atoms with Crippen LogP contribution in [0.15, 0.2) is 53.4 Å². The maximum Gasteiger partial charge on any atom is 0.179 e. The maximum absolute atomic E-state index is 11.5. The van der Waals surface area contributed by atoms with Crippen molar-refractivity contribution in [2.24, 2.45) is 0 Å². The lowest BCUT2D eigenvalue weighted by atomic mass is 10.1. The predicted molar refractivity (Wildman–Crippen MR) is 66.7 cm³/mol. The minimum absolute atomic E-state index is 0.0427. The third kappa shape index (κ3) is 2.31. The first kappa shape index (κ1) is 11.7. The van der Waals surface area contributed by atoms with Gasteiger partial charge in [0.25, 0.3) is 0 Å². The largest absolute Gasteiger partial charge is 0.506 e. The summed E-state index contributed by atoms with van der Waals surface area (Å²) in [4.78, 5) is -0.0427. The molecular formula is C13H12O3S. The quantitative estimate of drug-likeness (QED) is 0.888. The van der Waals surface area contributed by atoms with Crippen molar-refractivity contribution in [3.63, 3.8) is 0 Å². The van der Waals surface area contributed by atoms with E-state index < -0.39 is 9.84 Å². The maximum atomic E-state index is 11.5. The van der Waals surface area contributed by atoms with Gasteiger partial charge in [-0.3, -0.25) is 0 Å². The van der Waals surface area contributed by atoms with Crippen molar-refractivity contribution in [1.82, 2.24) is 0 Å². The summed E-state index contributed by atoms with van der Waals surface area (Å²) >= 11 is 0. The SMILES string of the molecule is CS(=O)(=O)c1cccc(-c2ccccc2)c1O. The van der Waals surface area contributed by atoms with Crippen LogP contribution in [0.25, 0.3) is 11.1 Å². The molecule has 0 fully saturated rings. The minimum atomic E-state index is -3.41. The molecule has 0 radical (unpaired) electrons. The lowest BCUT2D eigenvalue weighted by Crippen LogP contribution is -1.98. The molecule has 2 rings (SSSR count). The third-order valence-electron chi connectivity index (χ3n) is 2.48. The second-order valence-electron chi connectivity index (χ2n) is 3.79. The first-order valence-corrected chi connectivity index (χ1v) is 6.97. The molecule has 3 nitrogen and oxygen atoms in total. The van der Waals surface area contributed by atoms with E-state index in [1.54, 1.807) is 12.1 Å². The van der Waals surface area contributed by atoms with E-state index in [1.165, 1.54) is 6.07 Å². The van der Waals surface area contributed by atoms with Crippen LogP contribution in [0.3, 0.4) is 0 Å². The summed E-state index contributed by atoms with van der Waals surface area (Å²) in [7, 11) is -3.41. The van der Waals surface area contributed by atoms with Gasteiger partial charge in [-0.25, -0.2) is 8.42 Å². The molecule has 0 spiro atoms. The van der Waals surface area contributed by atoms with Gasteiger partial charge in [0.05, 0.1) is 0 Å². The smallest absolute Gasteiger partial charge is 0.179 e. The van der Waals surface area contributed by atoms with Gasteiger partial charge in [0, 0.05) is 11.8 Å². The number of para-hydroxylation sites is 1. The summed E-state index contributed by atoms with van der Waals surface area (Å²) in [6.45, 7) is 0. The summed E-state index contributed by atoms with van der Waals surface area (Å²) in [6, 6.07) is 13.9. The van der Waals surface area contributed by atoms with Crippen LogP contribution in [0, 0.1) is 0 Å². The Balaban J connectivity index is 2.67. The Morgan fingerprint density at radius 2 is 1.59 bits per heavy atom. The number of benzene rings is 2. The molecule has 0 unspecified atom stereocenters. The predicted octanol–water partition coefficient (Wildman–Crippen LogP) is 2.46. The molecule has 88 valence electrons. The van der Waals surface area contributed by atoms with Crippen LogP contribution >= 0.6 is 0 Å². The van der Waals surface area contributed by atoms with E-state index in [0.29, 0.717) is 5.56 Å². The van der Waals surface area contributed by atoms with Crippen LogP contribution in [0.4, 0.5) is 0 Å². The zero-order chi connectivity index (χ0) is 12.5. The molecule has 0 bridgehead atoms. The van der Waals surface area contributed by atoms with Gasteiger partial charge in [0.1, 0.15) is 10.6 Å². The van der Waals surface area contributed by atoms with E-state index in [1.807, 2.05) is 30.3 Å². The highest BCUT2D eigenvalue weighted by Gasteiger charge is 2.16. The van der Waals surface area contributed by atoms with Gasteiger partial charge in [0.15, 0.2) is 9.84 Å². The van der Waals surface area contributed by atoms with E-state index >= 15 is 0 Å². The Bertz CT molecular complexity index is 631. The highest BCUT2D eigenvalue weighted by atomic mass is 32.2. The van der Waals surface area contributed by atoms with Crippen molar-refractivity contribution in [3.8, 4) is 16.9 Å². The fraction of sp³-hybridized carbons (Fsp3) is 0.0769. The van der Waals surface area contributed by atoms with Gasteiger partial charge in [-0.15, -0.1) is 0 Å². The Morgan fingerprint density at radius 3 is 2.18 bits per heavy atom. The summed E-state index contributed by atoms with van der Waals surface area (Å²) in [5, 5.41) is 10.00. The molecule has 2 aromatic carbocycles. The van der Waals surface area contributed by atoms with E-state index in [9.17, 15) is 13.5 Å². The van der Waals surface area contributed by atoms with Crippen molar-refractivity contribution in [3.05, 3.63) is 48.5 Å². The van der Waals surface area contributed by atoms with Crippen LogP contribution in [0.1, 0.15) is 0 Å². The molecule has 0 saturated heterocycles. The molecule has 0 aliphatic rings. The molecule has 0 aromatic heterocycles. The molecular weight excluding hydrogens is 236 g/mol. The second kappa shape index (κ2) is 4.22. The topological polar surface area (TPSA) is 54.4 Å². The van der Waals surface area contributed by atoms with Crippen molar-refractivity contribution >= 4 is 9.84 Å². The summed E-state index contributed by atoms with van der Waals surface area (Å²) in [5.41, 5.74) is 1.31. The number of aromatic hydroxyl groups is 1. The fourth-order valence-corrected chi connectivity index (χ4v) is 2.46. The van der Waals surface area contributed by atoms with Gasteiger partial charge in [-0.2, -0.15) is 0 Å². The third-order valence-corrected chi connectivity index (χ3v) is 3.61. The average Bonchev–Trinajstić information content (AvgIpc) is 2.29. The van der Waals surface area contributed by atoms with Gasteiger partial charge in [-0.05, 0) is 11.6 Å². The van der Waals surface area contributed by atoms with Gasteiger partial charge in [0.2, 0.25) is 0 Å². The molecule has 4 heteroatoms. The molecule has 0 heterocycles. The van der Waals surface area contributed by atoms with Gasteiger partial charge >= 0.3 is 0 Å². The molecule has 0 atom stereocenters. The number of rotatable bonds is 2. The Labute approximate surface area is 100 Å². The number of phenols is 1. The van der Waals surface area contributed by atoms with Crippen LogP contribution in [0.5, 0.6) is 5.75 Å². The highest BCUT2D eigenvalue weighted by Crippen LogP contribution is 2.34. The van der Waals surface area contributed by atoms with Crippen molar-refractivity contribution < 1.29 is 13.5 Å². The molecule has 0 aliphatic heterocycles. The monoisotopic (exact) mass is 248 g/mol. The average molecular weight is 248 g/mol. The molecule has 0 saturated carbocycles. The summed E-state index contributed by atoms with van der Waals surface area (Å²) in [5.74, 6) is -0.193. The molecule has 2 aromatic rings. The molecule has 0 aliphatic carbocycles. The first-order chi connectivity index (χ1) is 8.00. The Morgan fingerprint density at radius 1 is 0.941 bits per heavy atom. The Hall–Kier alpha value is -1.81. The van der Waals surface area contributed by atoms with E-state index in [0.717, 1.165) is 11.8 Å². The fourth-order valence-electron chi connectivity index (χ4n) is 1.67. The minimum Gasteiger partial charge on any atom is -0.506 e. The highest BCUT2D eigenvalue weighted by molar-refractivity contribution is 7.90. The van der Waals surface area contributed by atoms with Gasteiger partial charge in [-0.1, -0.05) is 42.5 Å². The number of hydrogen-bond acceptors (Lipinski definition) is 3. The molecule has 17 heavy (non-hydrogen) atoms. The standard InChI is InChI=1S/C13H12O3S/c1-17(15,16)12-9-5-8-11(13(12)14)10-6-3-2-4-7-10/h2-9,14H,1H3. The zero-order valence-corrected chi connectivity index (χ0v) is 10.1. The van der Waals surface area contributed by atoms with E-state index in [-0.39, 0.29) is 10.6 Å². The molecule has 1 N–H and O–H groups in total. The van der Waals surface area contributed by atoms with Crippen molar-refractivity contribution in [2.75, 3.05) is 6.26 Å². The zero-order valence-electron chi connectivity index (χ0n) is 9.29. The van der Waals surface area contributed by atoms with Crippen LogP contribution in [-0.4, -0.2) is 19.8 Å². The number of hydrogen-bond donors (Lipinski definition) is 1. The first-order valence-electron chi connectivity index (χ1n) is 5.07. The van der Waals surface area contributed by atoms with E-state index in [2.05, 4.69) is 0 Å². The van der Waals surface area contributed by atoms with Crippen molar-refractivity contribution in [2.45, 2.75) is 4.90 Å². The number of phenolic OH excluding ortho intramolecular Hbond substituents is 1. The lowest BCUT2D eigenvalue weighted by molar-refractivity contribution is 0.461. The van der Waals surface area contributed by atoms with Crippen LogP contribution in [0.2, 0.25) is 0 Å². The van der Waals surface area contributed by atoms with Gasteiger partial charge < -0.3 is 5.11 Å².